The summed E-state index contributed by atoms with van der Waals surface area (Å²) in [4.78, 5) is 42.5. The zero-order valence-electron chi connectivity index (χ0n) is 17.4. The van der Waals surface area contributed by atoms with Crippen molar-refractivity contribution in [3.05, 3.63) is 54.6 Å². The third-order valence-corrected chi connectivity index (χ3v) is 5.67. The van der Waals surface area contributed by atoms with E-state index in [1.54, 1.807) is 59.4 Å². The van der Waals surface area contributed by atoms with Crippen LogP contribution in [-0.2, 0) is 9.59 Å². The summed E-state index contributed by atoms with van der Waals surface area (Å²) in [5.41, 5.74) is 0.585. The first-order valence-electron chi connectivity index (χ1n) is 10.3. The molecule has 2 heterocycles. The molecule has 2 fully saturated rings. The lowest BCUT2D eigenvalue weighted by molar-refractivity contribution is -0.134. The number of carbonyl (C=O) groups excluding carboxylic acids is 3. The van der Waals surface area contributed by atoms with Crippen LogP contribution in [0.4, 0.5) is 10.5 Å². The van der Waals surface area contributed by atoms with E-state index in [9.17, 15) is 14.4 Å². The summed E-state index contributed by atoms with van der Waals surface area (Å²) >= 11 is 0. The van der Waals surface area contributed by atoms with Crippen LogP contribution < -0.4 is 14.4 Å². The summed E-state index contributed by atoms with van der Waals surface area (Å²) < 4.78 is 10.8. The summed E-state index contributed by atoms with van der Waals surface area (Å²) in [6.45, 7) is 1.06. The molecular weight excluding hydrogens is 398 g/mol. The summed E-state index contributed by atoms with van der Waals surface area (Å²) in [5, 5.41) is 0. The van der Waals surface area contributed by atoms with Gasteiger partial charge in [0.15, 0.2) is 6.61 Å². The van der Waals surface area contributed by atoms with Gasteiger partial charge < -0.3 is 19.3 Å². The number of amides is 4. The fourth-order valence-electron chi connectivity index (χ4n) is 3.99. The Balaban J connectivity index is 1.30. The van der Waals surface area contributed by atoms with Crippen molar-refractivity contribution in [3.8, 4) is 11.5 Å². The average Bonchev–Trinajstić information content (AvgIpc) is 3.12. The van der Waals surface area contributed by atoms with Gasteiger partial charge in [-0.3, -0.25) is 9.59 Å². The highest BCUT2D eigenvalue weighted by Crippen LogP contribution is 2.26. The van der Waals surface area contributed by atoms with Crippen LogP contribution in [0.3, 0.4) is 0 Å². The molecule has 4 amide bonds. The van der Waals surface area contributed by atoms with Crippen LogP contribution in [-0.4, -0.2) is 67.0 Å². The van der Waals surface area contributed by atoms with Crippen LogP contribution in [0.1, 0.15) is 12.8 Å². The highest BCUT2D eigenvalue weighted by atomic mass is 16.5. The van der Waals surface area contributed by atoms with Crippen LogP contribution in [0.2, 0.25) is 0 Å². The summed E-state index contributed by atoms with van der Waals surface area (Å²) in [6.07, 6.45) is 1.26. The first-order chi connectivity index (χ1) is 15.1. The number of benzene rings is 2. The first-order valence-corrected chi connectivity index (χ1v) is 10.3. The molecule has 2 aromatic carbocycles. The number of rotatable bonds is 6. The van der Waals surface area contributed by atoms with Crippen LogP contribution in [0.5, 0.6) is 11.5 Å². The zero-order valence-corrected chi connectivity index (χ0v) is 17.4. The van der Waals surface area contributed by atoms with E-state index in [0.29, 0.717) is 43.1 Å². The average molecular weight is 423 g/mol. The molecule has 0 spiro atoms. The molecule has 162 valence electrons. The second-order valence-electron chi connectivity index (χ2n) is 7.55. The number of hydrogen-bond acceptors (Lipinski definition) is 5. The van der Waals surface area contributed by atoms with Gasteiger partial charge in [0.05, 0.1) is 12.8 Å². The molecule has 2 aliphatic rings. The number of urea groups is 1. The van der Waals surface area contributed by atoms with Crippen molar-refractivity contribution < 1.29 is 23.9 Å². The van der Waals surface area contributed by atoms with Gasteiger partial charge in [-0.2, -0.15) is 0 Å². The first kappa shape index (κ1) is 20.7. The Morgan fingerprint density at radius 2 is 1.71 bits per heavy atom. The molecule has 4 rings (SSSR count). The number of carbonyl (C=O) groups is 3. The van der Waals surface area contributed by atoms with Crippen LogP contribution in [0, 0.1) is 0 Å². The molecule has 2 aromatic rings. The molecule has 2 aliphatic heterocycles. The number of methoxy groups -OCH3 is 1. The second-order valence-corrected chi connectivity index (χ2v) is 7.55. The molecule has 2 saturated heterocycles. The molecule has 8 heteroatoms. The monoisotopic (exact) mass is 423 g/mol. The van der Waals surface area contributed by atoms with Crippen molar-refractivity contribution in [2.24, 2.45) is 0 Å². The smallest absolute Gasteiger partial charge is 0.332 e. The molecule has 0 N–H and O–H groups in total. The van der Waals surface area contributed by atoms with E-state index in [2.05, 4.69) is 0 Å². The predicted molar refractivity (Wildman–Crippen MR) is 114 cm³/mol. The maximum absolute atomic E-state index is 12.9. The van der Waals surface area contributed by atoms with Crippen molar-refractivity contribution in [1.29, 1.82) is 0 Å². The Bertz CT molecular complexity index is 957. The third-order valence-electron chi connectivity index (χ3n) is 5.67. The normalized spacial score (nSPS) is 17.3. The number of anilines is 1. The SMILES string of the molecule is COc1cccc(OCC(=O)N2CCC(N3CC(=O)N(c4ccccc4)C3=O)CC2)c1. The predicted octanol–water partition coefficient (Wildman–Crippen LogP) is 2.53. The number of ether oxygens (including phenoxy) is 2. The lowest BCUT2D eigenvalue weighted by Gasteiger charge is -2.36. The molecular formula is C23H25N3O5. The van der Waals surface area contributed by atoms with Crippen molar-refractivity contribution in [3.63, 3.8) is 0 Å². The van der Waals surface area contributed by atoms with E-state index >= 15 is 0 Å². The molecule has 0 saturated carbocycles. The summed E-state index contributed by atoms with van der Waals surface area (Å²) in [7, 11) is 1.58. The van der Waals surface area contributed by atoms with E-state index < -0.39 is 0 Å². The Morgan fingerprint density at radius 3 is 2.42 bits per heavy atom. The number of likely N-dealkylation sites (tertiary alicyclic amines) is 1. The zero-order chi connectivity index (χ0) is 21.8. The van der Waals surface area contributed by atoms with Crippen LogP contribution >= 0.6 is 0 Å². The van der Waals surface area contributed by atoms with Gasteiger partial charge in [0.2, 0.25) is 0 Å². The largest absolute Gasteiger partial charge is 0.497 e. The minimum atomic E-state index is -0.290. The number of imide groups is 1. The van der Waals surface area contributed by atoms with Crippen molar-refractivity contribution in [1.82, 2.24) is 9.80 Å². The van der Waals surface area contributed by atoms with Crippen molar-refractivity contribution in [2.45, 2.75) is 18.9 Å². The van der Waals surface area contributed by atoms with E-state index in [0.717, 1.165) is 0 Å². The van der Waals surface area contributed by atoms with Gasteiger partial charge in [-0.05, 0) is 37.1 Å². The van der Waals surface area contributed by atoms with Gasteiger partial charge in [0, 0.05) is 25.2 Å². The second kappa shape index (κ2) is 9.07. The van der Waals surface area contributed by atoms with Crippen LogP contribution in [0.25, 0.3) is 0 Å². The van der Waals surface area contributed by atoms with Gasteiger partial charge in [0.1, 0.15) is 18.0 Å². The van der Waals surface area contributed by atoms with Crippen molar-refractivity contribution in [2.75, 3.05) is 38.3 Å². The number of piperidine rings is 1. The molecule has 0 unspecified atom stereocenters. The molecule has 0 radical (unpaired) electrons. The van der Waals surface area contributed by atoms with E-state index in [4.69, 9.17) is 9.47 Å². The van der Waals surface area contributed by atoms with Crippen LogP contribution in [0.15, 0.2) is 54.6 Å². The van der Waals surface area contributed by atoms with Gasteiger partial charge in [-0.1, -0.05) is 24.3 Å². The van der Waals surface area contributed by atoms with Gasteiger partial charge >= 0.3 is 6.03 Å². The lowest BCUT2D eigenvalue weighted by atomic mass is 10.0. The molecule has 0 aromatic heterocycles. The quantitative estimate of drug-likeness (QED) is 0.667. The lowest BCUT2D eigenvalue weighted by Crippen LogP contribution is -2.49. The Hall–Kier alpha value is -3.55. The number of para-hydroxylation sites is 1. The van der Waals surface area contributed by atoms with E-state index in [1.807, 2.05) is 12.1 Å². The molecule has 0 atom stereocenters. The summed E-state index contributed by atoms with van der Waals surface area (Å²) in [6, 6.07) is 15.7. The topological polar surface area (TPSA) is 79.4 Å². The summed E-state index contributed by atoms with van der Waals surface area (Å²) in [5.74, 6) is 0.919. The third kappa shape index (κ3) is 4.47. The molecule has 0 aliphatic carbocycles. The maximum Gasteiger partial charge on any atom is 0.332 e. The van der Waals surface area contributed by atoms with E-state index in [-0.39, 0.29) is 37.0 Å². The van der Waals surface area contributed by atoms with Crippen molar-refractivity contribution >= 4 is 23.5 Å². The fourth-order valence-corrected chi connectivity index (χ4v) is 3.99. The minimum Gasteiger partial charge on any atom is -0.497 e. The van der Waals surface area contributed by atoms with E-state index in [1.165, 1.54) is 4.90 Å². The molecule has 31 heavy (non-hydrogen) atoms. The number of hydrogen-bond donors (Lipinski definition) is 0. The maximum atomic E-state index is 12.9. The highest BCUT2D eigenvalue weighted by Gasteiger charge is 2.41. The van der Waals surface area contributed by atoms with Gasteiger partial charge in [-0.15, -0.1) is 0 Å². The molecule has 8 nitrogen and oxygen atoms in total. The Kier molecular flexibility index (Phi) is 6.06. The number of nitrogens with zero attached hydrogens (tertiary/aromatic N) is 3. The highest BCUT2D eigenvalue weighted by molar-refractivity contribution is 6.19. The van der Waals surface area contributed by atoms with Gasteiger partial charge in [0.25, 0.3) is 11.8 Å². The molecule has 0 bridgehead atoms. The minimum absolute atomic E-state index is 0.0548. The Labute approximate surface area is 180 Å². The fraction of sp³-hybridized carbons (Fsp3) is 0.348. The standard InChI is InChI=1S/C23H25N3O5/c1-30-19-8-5-9-20(14-19)31-16-22(28)24-12-10-17(11-13-24)25-15-21(27)26(23(25)29)18-6-3-2-4-7-18/h2-9,14,17H,10-13,15-16H2,1H3. The Morgan fingerprint density at radius 1 is 1.00 bits per heavy atom. The van der Waals surface area contributed by atoms with Gasteiger partial charge in [-0.25, -0.2) is 9.69 Å².